The van der Waals surface area contributed by atoms with Gasteiger partial charge in [-0.2, -0.15) is 0 Å². The second-order valence-electron chi connectivity index (χ2n) is 6.73. The zero-order chi connectivity index (χ0) is 17.6. The van der Waals surface area contributed by atoms with Crippen LogP contribution in [0.25, 0.3) is 5.69 Å². The number of aromatic nitrogens is 2. The van der Waals surface area contributed by atoms with Crippen molar-refractivity contribution in [1.82, 2.24) is 15.1 Å². The number of anilines is 1. The molecule has 2 unspecified atom stereocenters. The Labute approximate surface area is 148 Å². The first-order valence-electron chi connectivity index (χ1n) is 8.97. The lowest BCUT2D eigenvalue weighted by Gasteiger charge is -2.24. The lowest BCUT2D eigenvalue weighted by molar-refractivity contribution is 0.182. The molecule has 0 aliphatic heterocycles. The van der Waals surface area contributed by atoms with Crippen molar-refractivity contribution in [3.05, 3.63) is 42.1 Å². The number of carbonyl (C=O) groups excluding carboxylic acids is 1. The Bertz CT molecular complexity index is 699. The Kier molecular flexibility index (Phi) is 5.71. The molecule has 0 radical (unpaired) electrons. The van der Waals surface area contributed by atoms with Crippen LogP contribution in [-0.2, 0) is 0 Å². The molecule has 1 aromatic carbocycles. The first-order valence-corrected chi connectivity index (χ1v) is 8.97. The van der Waals surface area contributed by atoms with E-state index >= 15 is 0 Å². The number of hydrogen-bond acceptors (Lipinski definition) is 3. The average molecular weight is 342 g/mol. The number of aliphatic hydroxyl groups excluding tert-OH is 1. The van der Waals surface area contributed by atoms with Crippen LogP contribution >= 0.6 is 0 Å². The third-order valence-corrected chi connectivity index (χ3v) is 4.86. The highest BCUT2D eigenvalue weighted by Gasteiger charge is 2.25. The van der Waals surface area contributed by atoms with E-state index < -0.39 is 0 Å². The third-order valence-electron chi connectivity index (χ3n) is 4.86. The molecule has 3 rings (SSSR count). The molecule has 1 aromatic heterocycles. The first kappa shape index (κ1) is 17.5. The lowest BCUT2D eigenvalue weighted by atomic mass is 9.96. The quantitative estimate of drug-likeness (QED) is 0.746. The highest BCUT2D eigenvalue weighted by atomic mass is 16.3. The van der Waals surface area contributed by atoms with Crippen LogP contribution in [0.1, 0.15) is 37.7 Å². The number of nitrogens with zero attached hydrogens (tertiary/aromatic N) is 2. The molecule has 0 bridgehead atoms. The normalized spacial score (nSPS) is 20.7. The summed E-state index contributed by atoms with van der Waals surface area (Å²) in [6.45, 7) is 2.04. The SMILES string of the molecule is Cc1cn(-c2ccccc2)nc1NC(=O)NC1CCCCCC1CO. The van der Waals surface area contributed by atoms with Crippen LogP contribution in [0.5, 0.6) is 0 Å². The predicted octanol–water partition coefficient (Wildman–Crippen LogP) is 3.24. The van der Waals surface area contributed by atoms with E-state index in [1.165, 1.54) is 0 Å². The van der Waals surface area contributed by atoms with Gasteiger partial charge in [-0.15, -0.1) is 5.10 Å². The molecule has 134 valence electrons. The van der Waals surface area contributed by atoms with Crippen LogP contribution < -0.4 is 10.6 Å². The molecule has 6 heteroatoms. The fraction of sp³-hybridized carbons (Fsp3) is 0.474. The van der Waals surface area contributed by atoms with Gasteiger partial charge in [0.05, 0.1) is 5.69 Å². The molecular weight excluding hydrogens is 316 g/mol. The number of rotatable bonds is 4. The maximum absolute atomic E-state index is 12.4. The van der Waals surface area contributed by atoms with Crippen molar-refractivity contribution in [2.45, 2.75) is 45.1 Å². The van der Waals surface area contributed by atoms with Gasteiger partial charge in [-0.3, -0.25) is 5.32 Å². The van der Waals surface area contributed by atoms with Gasteiger partial charge in [0.25, 0.3) is 0 Å². The number of benzene rings is 1. The van der Waals surface area contributed by atoms with Gasteiger partial charge in [0, 0.05) is 30.3 Å². The zero-order valence-electron chi connectivity index (χ0n) is 14.6. The highest BCUT2D eigenvalue weighted by Crippen LogP contribution is 2.23. The van der Waals surface area contributed by atoms with E-state index in [4.69, 9.17) is 0 Å². The summed E-state index contributed by atoms with van der Waals surface area (Å²) in [4.78, 5) is 12.4. The minimum Gasteiger partial charge on any atom is -0.396 e. The molecule has 1 aliphatic carbocycles. The summed E-state index contributed by atoms with van der Waals surface area (Å²) in [5, 5.41) is 19.9. The highest BCUT2D eigenvalue weighted by molar-refractivity contribution is 5.89. The number of hydrogen-bond donors (Lipinski definition) is 3. The Morgan fingerprint density at radius 1 is 1.24 bits per heavy atom. The minimum absolute atomic E-state index is 0.0176. The van der Waals surface area contributed by atoms with Crippen molar-refractivity contribution < 1.29 is 9.90 Å². The first-order chi connectivity index (χ1) is 12.2. The standard InChI is InChI=1S/C19H26N4O2/c1-14-12-23(16-9-5-3-6-10-16)22-18(14)21-19(25)20-17-11-7-2-4-8-15(17)13-24/h3,5-6,9-10,12,15,17,24H,2,4,7-8,11,13H2,1H3,(H2,20,21,22,25). The molecule has 1 saturated carbocycles. The summed E-state index contributed by atoms with van der Waals surface area (Å²) in [6, 6.07) is 9.55. The lowest BCUT2D eigenvalue weighted by Crippen LogP contribution is -2.43. The molecular formula is C19H26N4O2. The number of aliphatic hydroxyl groups is 1. The number of aryl methyl sites for hydroxylation is 1. The molecule has 0 spiro atoms. The van der Waals surface area contributed by atoms with E-state index in [2.05, 4.69) is 15.7 Å². The molecule has 1 fully saturated rings. The molecule has 6 nitrogen and oxygen atoms in total. The minimum atomic E-state index is -0.258. The summed E-state index contributed by atoms with van der Waals surface area (Å²) in [5.41, 5.74) is 1.85. The summed E-state index contributed by atoms with van der Waals surface area (Å²) < 4.78 is 1.76. The molecule has 3 N–H and O–H groups in total. The van der Waals surface area contributed by atoms with Gasteiger partial charge in [0.15, 0.2) is 5.82 Å². The predicted molar refractivity (Wildman–Crippen MR) is 97.9 cm³/mol. The van der Waals surface area contributed by atoms with Crippen LogP contribution in [0.2, 0.25) is 0 Å². The molecule has 2 amide bonds. The van der Waals surface area contributed by atoms with Crippen LogP contribution in [0, 0.1) is 12.8 Å². The Hall–Kier alpha value is -2.34. The zero-order valence-corrected chi connectivity index (χ0v) is 14.6. The van der Waals surface area contributed by atoms with Gasteiger partial charge in [-0.05, 0) is 31.9 Å². The maximum Gasteiger partial charge on any atom is 0.320 e. The van der Waals surface area contributed by atoms with E-state index in [1.807, 2.05) is 43.5 Å². The number of nitrogens with one attached hydrogen (secondary N) is 2. The van der Waals surface area contributed by atoms with Crippen molar-refractivity contribution in [3.8, 4) is 5.69 Å². The summed E-state index contributed by atoms with van der Waals surface area (Å²) in [5.74, 6) is 0.687. The van der Waals surface area contributed by atoms with Crippen LogP contribution in [-0.4, -0.2) is 33.6 Å². The number of urea groups is 1. The Balaban J connectivity index is 1.65. The van der Waals surface area contributed by atoms with Crippen molar-refractivity contribution >= 4 is 11.8 Å². The monoisotopic (exact) mass is 342 g/mol. The second-order valence-corrected chi connectivity index (χ2v) is 6.73. The molecule has 2 atom stereocenters. The van der Waals surface area contributed by atoms with Gasteiger partial charge in [0.1, 0.15) is 0 Å². The smallest absolute Gasteiger partial charge is 0.320 e. The van der Waals surface area contributed by atoms with Gasteiger partial charge in [-0.1, -0.05) is 37.5 Å². The number of amides is 2. The fourth-order valence-electron chi connectivity index (χ4n) is 3.40. The number of para-hydroxylation sites is 1. The van der Waals surface area contributed by atoms with Crippen LogP contribution in [0.15, 0.2) is 36.5 Å². The Morgan fingerprint density at radius 2 is 2.00 bits per heavy atom. The van der Waals surface area contributed by atoms with E-state index in [1.54, 1.807) is 4.68 Å². The summed E-state index contributed by atoms with van der Waals surface area (Å²) >= 11 is 0. The van der Waals surface area contributed by atoms with Gasteiger partial charge >= 0.3 is 6.03 Å². The van der Waals surface area contributed by atoms with Crippen molar-refractivity contribution in [1.29, 1.82) is 0 Å². The average Bonchev–Trinajstić information content (AvgIpc) is 2.84. The number of carbonyl (C=O) groups is 1. The Morgan fingerprint density at radius 3 is 2.76 bits per heavy atom. The molecule has 2 aromatic rings. The summed E-state index contributed by atoms with van der Waals surface area (Å²) in [6.07, 6.45) is 7.14. The summed E-state index contributed by atoms with van der Waals surface area (Å²) in [7, 11) is 0. The third kappa shape index (κ3) is 4.39. The van der Waals surface area contributed by atoms with E-state index in [-0.39, 0.29) is 24.6 Å². The van der Waals surface area contributed by atoms with Gasteiger partial charge in [-0.25, -0.2) is 9.48 Å². The second kappa shape index (κ2) is 8.16. The molecule has 0 saturated heterocycles. The van der Waals surface area contributed by atoms with Gasteiger partial charge in [0.2, 0.25) is 0 Å². The van der Waals surface area contributed by atoms with E-state index in [0.717, 1.165) is 43.4 Å². The van der Waals surface area contributed by atoms with Crippen LogP contribution in [0.3, 0.4) is 0 Å². The van der Waals surface area contributed by atoms with Crippen molar-refractivity contribution in [3.63, 3.8) is 0 Å². The molecule has 1 aliphatic rings. The van der Waals surface area contributed by atoms with E-state index in [9.17, 15) is 9.90 Å². The largest absolute Gasteiger partial charge is 0.396 e. The van der Waals surface area contributed by atoms with Crippen LogP contribution in [0.4, 0.5) is 10.6 Å². The molecule has 25 heavy (non-hydrogen) atoms. The molecule has 1 heterocycles. The maximum atomic E-state index is 12.4. The van der Waals surface area contributed by atoms with Crippen molar-refractivity contribution in [2.24, 2.45) is 5.92 Å². The van der Waals surface area contributed by atoms with Gasteiger partial charge < -0.3 is 10.4 Å². The fourth-order valence-corrected chi connectivity index (χ4v) is 3.40. The topological polar surface area (TPSA) is 79.2 Å². The van der Waals surface area contributed by atoms with E-state index in [0.29, 0.717) is 5.82 Å². The van der Waals surface area contributed by atoms with Crippen molar-refractivity contribution in [2.75, 3.05) is 11.9 Å².